The third-order valence-corrected chi connectivity index (χ3v) is 3.46. The molecule has 0 aliphatic heterocycles. The molecule has 138 valence electrons. The van der Waals surface area contributed by atoms with Crippen LogP contribution in [-0.2, 0) is 4.74 Å². The van der Waals surface area contributed by atoms with Crippen LogP contribution in [0.4, 0.5) is 5.82 Å². The van der Waals surface area contributed by atoms with Crippen molar-refractivity contribution in [2.24, 2.45) is 5.73 Å². The molecular weight excluding hydrogens is 367 g/mol. The normalized spacial score (nSPS) is 11.5. The fourth-order valence-corrected chi connectivity index (χ4v) is 2.16. The number of carbonyl (C=O) groups excluding carboxylic acids is 1. The molecule has 1 aromatic carbocycles. The zero-order valence-corrected chi connectivity index (χ0v) is 15.6. The molecule has 0 saturated heterocycles. The number of benzene rings is 1. The lowest BCUT2D eigenvalue weighted by molar-refractivity contribution is 0.0952. The molecule has 1 heterocycles. The van der Waals surface area contributed by atoms with Gasteiger partial charge in [0.1, 0.15) is 5.56 Å². The zero-order chi connectivity index (χ0) is 17.5. The molecule has 0 saturated carbocycles. The minimum atomic E-state index is -0.307. The first-order valence-electron chi connectivity index (χ1n) is 7.55. The number of anilines is 1. The smallest absolute Gasteiger partial charge is 0.259 e. The van der Waals surface area contributed by atoms with Crippen LogP contribution in [0.25, 0.3) is 11.3 Å². The molecule has 25 heavy (non-hydrogen) atoms. The highest BCUT2D eigenvalue weighted by molar-refractivity contribution is 6.30. The summed E-state index contributed by atoms with van der Waals surface area (Å²) < 4.78 is 10.4. The van der Waals surface area contributed by atoms with Gasteiger partial charge in [0.2, 0.25) is 0 Å². The van der Waals surface area contributed by atoms with Gasteiger partial charge in [-0.15, -0.1) is 12.4 Å². The topological polar surface area (TPSA) is 102 Å². The van der Waals surface area contributed by atoms with Crippen LogP contribution < -0.4 is 16.4 Å². The van der Waals surface area contributed by atoms with Gasteiger partial charge in [-0.25, -0.2) is 0 Å². The molecule has 0 spiro atoms. The van der Waals surface area contributed by atoms with Crippen molar-refractivity contribution in [2.75, 3.05) is 32.1 Å². The second-order valence-electron chi connectivity index (χ2n) is 5.35. The van der Waals surface area contributed by atoms with E-state index in [-0.39, 0.29) is 24.4 Å². The first-order chi connectivity index (χ1) is 11.5. The van der Waals surface area contributed by atoms with Gasteiger partial charge in [-0.05, 0) is 31.2 Å². The molecule has 2 rings (SSSR count). The Morgan fingerprint density at radius 1 is 1.40 bits per heavy atom. The summed E-state index contributed by atoms with van der Waals surface area (Å²) in [5, 5.41) is 10.4. The standard InChI is InChI=1S/C16H21ClN4O3.ClH/c1-10(18)9-20-16(22)13-14(11-3-5-12(17)6-4-11)24-21-15(13)19-7-8-23-2;/h3-6,10H,7-9,18H2,1-2H3,(H,19,21)(H,20,22);1H/t10-;/m0./s1. The van der Waals surface area contributed by atoms with Crippen LogP contribution in [0.3, 0.4) is 0 Å². The largest absolute Gasteiger partial charge is 0.383 e. The van der Waals surface area contributed by atoms with Crippen LogP contribution in [0.5, 0.6) is 0 Å². The number of hydrogen-bond acceptors (Lipinski definition) is 6. The third kappa shape index (κ3) is 5.89. The highest BCUT2D eigenvalue weighted by atomic mass is 35.5. The van der Waals surface area contributed by atoms with E-state index < -0.39 is 0 Å². The lowest BCUT2D eigenvalue weighted by Crippen LogP contribution is -2.35. The number of methoxy groups -OCH3 is 1. The van der Waals surface area contributed by atoms with Crippen molar-refractivity contribution in [3.63, 3.8) is 0 Å². The first kappa shape index (κ1) is 21.2. The van der Waals surface area contributed by atoms with Crippen molar-refractivity contribution in [1.29, 1.82) is 0 Å². The molecule has 1 amide bonds. The van der Waals surface area contributed by atoms with Gasteiger partial charge >= 0.3 is 0 Å². The van der Waals surface area contributed by atoms with E-state index in [4.69, 9.17) is 26.6 Å². The minimum absolute atomic E-state index is 0. The quantitative estimate of drug-likeness (QED) is 0.600. The number of nitrogens with zero attached hydrogens (tertiary/aromatic N) is 1. The monoisotopic (exact) mass is 388 g/mol. The van der Waals surface area contributed by atoms with Crippen molar-refractivity contribution in [3.05, 3.63) is 34.9 Å². The van der Waals surface area contributed by atoms with Crippen molar-refractivity contribution in [3.8, 4) is 11.3 Å². The van der Waals surface area contributed by atoms with E-state index in [2.05, 4.69) is 15.8 Å². The molecule has 4 N–H and O–H groups in total. The number of nitrogens with two attached hydrogens (primary N) is 1. The summed E-state index contributed by atoms with van der Waals surface area (Å²) in [5.41, 5.74) is 6.73. The van der Waals surface area contributed by atoms with Gasteiger partial charge in [-0.1, -0.05) is 16.8 Å². The molecule has 0 aliphatic carbocycles. The predicted octanol–water partition coefficient (Wildman–Crippen LogP) is 2.55. The van der Waals surface area contributed by atoms with E-state index in [0.717, 1.165) is 0 Å². The van der Waals surface area contributed by atoms with Crippen LogP contribution in [0.15, 0.2) is 28.8 Å². The number of carbonyl (C=O) groups is 1. The number of nitrogens with one attached hydrogen (secondary N) is 2. The van der Waals surface area contributed by atoms with Crippen LogP contribution >= 0.6 is 24.0 Å². The van der Waals surface area contributed by atoms with E-state index in [1.807, 2.05) is 6.92 Å². The van der Waals surface area contributed by atoms with E-state index in [1.54, 1.807) is 31.4 Å². The summed E-state index contributed by atoms with van der Waals surface area (Å²) in [4.78, 5) is 12.6. The van der Waals surface area contributed by atoms with Crippen LogP contribution in [-0.4, -0.2) is 43.9 Å². The molecule has 0 aliphatic rings. The van der Waals surface area contributed by atoms with E-state index in [0.29, 0.717) is 47.4 Å². The van der Waals surface area contributed by atoms with Gasteiger partial charge in [0.25, 0.3) is 5.91 Å². The molecule has 1 atom stereocenters. The third-order valence-electron chi connectivity index (χ3n) is 3.21. The Labute approximate surface area is 157 Å². The number of rotatable bonds is 8. The molecule has 1 aromatic heterocycles. The molecule has 0 fully saturated rings. The Kier molecular flexibility index (Phi) is 8.71. The number of amides is 1. The molecule has 0 bridgehead atoms. The predicted molar refractivity (Wildman–Crippen MR) is 101 cm³/mol. The number of aromatic nitrogens is 1. The Morgan fingerprint density at radius 3 is 2.68 bits per heavy atom. The maximum Gasteiger partial charge on any atom is 0.259 e. The van der Waals surface area contributed by atoms with Crippen molar-refractivity contribution >= 4 is 35.7 Å². The average molecular weight is 389 g/mol. The van der Waals surface area contributed by atoms with E-state index >= 15 is 0 Å². The summed E-state index contributed by atoms with van der Waals surface area (Å²) >= 11 is 5.91. The highest BCUT2D eigenvalue weighted by Crippen LogP contribution is 2.30. The Balaban J connectivity index is 0.00000312. The maximum atomic E-state index is 12.6. The van der Waals surface area contributed by atoms with Crippen molar-refractivity contribution in [2.45, 2.75) is 13.0 Å². The zero-order valence-electron chi connectivity index (χ0n) is 14.0. The van der Waals surface area contributed by atoms with Crippen molar-refractivity contribution < 1.29 is 14.1 Å². The fourth-order valence-electron chi connectivity index (χ4n) is 2.03. The fraction of sp³-hybridized carbons (Fsp3) is 0.375. The van der Waals surface area contributed by atoms with Crippen LogP contribution in [0, 0.1) is 0 Å². The summed E-state index contributed by atoms with van der Waals surface area (Å²) in [6.07, 6.45) is 0. The molecule has 0 radical (unpaired) electrons. The summed E-state index contributed by atoms with van der Waals surface area (Å²) in [7, 11) is 1.60. The summed E-state index contributed by atoms with van der Waals surface area (Å²) in [5.74, 6) is 0.423. The van der Waals surface area contributed by atoms with E-state index in [9.17, 15) is 4.79 Å². The maximum absolute atomic E-state index is 12.6. The summed E-state index contributed by atoms with van der Waals surface area (Å²) in [6.45, 7) is 3.13. The second-order valence-corrected chi connectivity index (χ2v) is 5.79. The minimum Gasteiger partial charge on any atom is -0.383 e. The summed E-state index contributed by atoms with van der Waals surface area (Å²) in [6, 6.07) is 6.83. The van der Waals surface area contributed by atoms with Crippen molar-refractivity contribution in [1.82, 2.24) is 10.5 Å². The van der Waals surface area contributed by atoms with Gasteiger partial charge in [-0.3, -0.25) is 4.79 Å². The molecule has 7 nitrogen and oxygen atoms in total. The lowest BCUT2D eigenvalue weighted by Gasteiger charge is -2.09. The van der Waals surface area contributed by atoms with Gasteiger partial charge in [0, 0.05) is 36.8 Å². The number of halogens is 2. The van der Waals surface area contributed by atoms with Gasteiger partial charge in [-0.2, -0.15) is 0 Å². The Morgan fingerprint density at radius 2 is 2.08 bits per heavy atom. The Hall–Kier alpha value is -1.80. The molecule has 2 aromatic rings. The second kappa shape index (κ2) is 10.2. The Bertz CT molecular complexity index is 675. The average Bonchev–Trinajstić information content (AvgIpc) is 2.97. The van der Waals surface area contributed by atoms with Crippen LogP contribution in [0.1, 0.15) is 17.3 Å². The van der Waals surface area contributed by atoms with E-state index in [1.165, 1.54) is 0 Å². The van der Waals surface area contributed by atoms with Crippen LogP contribution in [0.2, 0.25) is 5.02 Å². The lowest BCUT2D eigenvalue weighted by atomic mass is 10.1. The first-order valence-corrected chi connectivity index (χ1v) is 7.93. The number of hydrogen-bond donors (Lipinski definition) is 3. The number of ether oxygens (including phenoxy) is 1. The SMILES string of the molecule is COCCNc1noc(-c2ccc(Cl)cc2)c1C(=O)NC[C@H](C)N.Cl. The van der Waals surface area contributed by atoms with Gasteiger partial charge in [0.15, 0.2) is 11.6 Å². The van der Waals surface area contributed by atoms with Gasteiger partial charge < -0.3 is 25.6 Å². The molecule has 9 heteroatoms. The highest BCUT2D eigenvalue weighted by Gasteiger charge is 2.24. The van der Waals surface area contributed by atoms with Gasteiger partial charge in [0.05, 0.1) is 6.61 Å². The molecular formula is C16H22Cl2N4O3. The molecule has 0 unspecified atom stereocenters.